The molecule has 0 bridgehead atoms. The molecule has 8 aromatic rings. The summed E-state index contributed by atoms with van der Waals surface area (Å²) in [4.78, 5) is 13.8. The van der Waals surface area contributed by atoms with E-state index in [0.717, 1.165) is 49.7 Å². The average Bonchev–Trinajstić information content (AvgIpc) is 3.38. The van der Waals surface area contributed by atoms with E-state index in [9.17, 15) is 9.90 Å². The van der Waals surface area contributed by atoms with Crippen LogP contribution in [0.2, 0.25) is 0 Å². The molecule has 0 aliphatic carbocycles. The first-order valence-corrected chi connectivity index (χ1v) is 14.2. The fourth-order valence-corrected chi connectivity index (χ4v) is 6.96. The van der Waals surface area contributed by atoms with E-state index in [1.54, 1.807) is 4.57 Å². The Hall–Kier alpha value is -5.45. The molecule has 1 N–H and O–H groups in total. The van der Waals surface area contributed by atoms with E-state index in [2.05, 4.69) is 83.4 Å². The van der Waals surface area contributed by atoms with Crippen molar-refractivity contribution in [2.45, 2.75) is 6.23 Å². The molecule has 0 fully saturated rings. The first kappa shape index (κ1) is 23.3. The number of hydrogen-bond donors (Lipinski definition) is 1. The zero-order valence-electron chi connectivity index (χ0n) is 22.5. The second-order valence-corrected chi connectivity index (χ2v) is 11.0. The molecule has 6 aromatic carbocycles. The van der Waals surface area contributed by atoms with Gasteiger partial charge in [-0.3, -0.25) is 9.36 Å². The van der Waals surface area contributed by atoms with Gasteiger partial charge in [-0.05, 0) is 58.5 Å². The van der Waals surface area contributed by atoms with E-state index >= 15 is 0 Å². The predicted octanol–water partition coefficient (Wildman–Crippen LogP) is 8.44. The van der Waals surface area contributed by atoms with Crippen LogP contribution in [0.5, 0.6) is 0 Å². The zero-order valence-corrected chi connectivity index (χ0v) is 22.5. The molecule has 0 amide bonds. The summed E-state index contributed by atoms with van der Waals surface area (Å²) < 4.78 is 3.89. The smallest absolute Gasteiger partial charge is 0.261 e. The van der Waals surface area contributed by atoms with Crippen LogP contribution >= 0.6 is 0 Å². The van der Waals surface area contributed by atoms with Crippen molar-refractivity contribution in [3.05, 3.63) is 149 Å². The van der Waals surface area contributed by atoms with Crippen LogP contribution in [0.4, 0.5) is 0 Å². The van der Waals surface area contributed by atoms with Gasteiger partial charge in [-0.1, -0.05) is 97.1 Å². The van der Waals surface area contributed by atoms with E-state index in [1.165, 1.54) is 21.9 Å². The lowest BCUT2D eigenvalue weighted by atomic mass is 9.90. The Morgan fingerprint density at radius 3 is 2.07 bits per heavy atom. The van der Waals surface area contributed by atoms with Crippen molar-refractivity contribution in [3.8, 4) is 27.9 Å². The third kappa shape index (κ3) is 3.07. The van der Waals surface area contributed by atoms with Crippen LogP contribution in [0, 0.1) is 0 Å². The van der Waals surface area contributed by atoms with E-state index < -0.39 is 6.23 Å². The van der Waals surface area contributed by atoms with Crippen LogP contribution in [-0.2, 0) is 0 Å². The minimum Gasteiger partial charge on any atom is -0.369 e. The molecule has 4 heteroatoms. The molecule has 1 unspecified atom stereocenters. The molecule has 0 saturated heterocycles. The molecule has 9 rings (SSSR count). The van der Waals surface area contributed by atoms with Crippen molar-refractivity contribution in [2.75, 3.05) is 0 Å². The molecule has 42 heavy (non-hydrogen) atoms. The highest BCUT2D eigenvalue weighted by molar-refractivity contribution is 6.14. The van der Waals surface area contributed by atoms with Gasteiger partial charge >= 0.3 is 0 Å². The van der Waals surface area contributed by atoms with Gasteiger partial charge in [0.25, 0.3) is 5.56 Å². The number of fused-ring (bicyclic) bond motifs is 7. The summed E-state index contributed by atoms with van der Waals surface area (Å²) in [6, 6.07) is 45.6. The van der Waals surface area contributed by atoms with Crippen LogP contribution in [0.25, 0.3) is 71.4 Å². The Morgan fingerprint density at radius 1 is 0.524 bits per heavy atom. The van der Waals surface area contributed by atoms with Gasteiger partial charge in [-0.25, -0.2) is 0 Å². The lowest BCUT2D eigenvalue weighted by Crippen LogP contribution is -2.29. The fraction of sp³-hybridized carbons (Fsp3) is 0.0263. The fourth-order valence-electron chi connectivity index (χ4n) is 6.96. The second kappa shape index (κ2) is 8.53. The molecule has 0 spiro atoms. The number of aliphatic hydroxyl groups is 1. The maximum Gasteiger partial charge on any atom is 0.261 e. The average molecular weight is 541 g/mol. The lowest BCUT2D eigenvalue weighted by molar-refractivity contribution is 0.147. The van der Waals surface area contributed by atoms with Crippen LogP contribution < -0.4 is 5.56 Å². The Bertz CT molecular complexity index is 2450. The number of hydrogen-bond acceptors (Lipinski definition) is 2. The number of para-hydroxylation sites is 1. The lowest BCUT2D eigenvalue weighted by Gasteiger charge is -2.28. The van der Waals surface area contributed by atoms with E-state index in [1.807, 2.05) is 54.6 Å². The van der Waals surface area contributed by atoms with Crippen molar-refractivity contribution in [3.63, 3.8) is 0 Å². The number of nitrogens with zero attached hydrogens (tertiary/aromatic N) is 2. The van der Waals surface area contributed by atoms with Gasteiger partial charge in [0.1, 0.15) is 0 Å². The molecule has 0 saturated carbocycles. The molecular formula is C38H24N2O2. The van der Waals surface area contributed by atoms with Crippen LogP contribution in [0.3, 0.4) is 0 Å². The highest BCUT2D eigenvalue weighted by Crippen LogP contribution is 2.44. The molecule has 1 aliphatic heterocycles. The van der Waals surface area contributed by atoms with Gasteiger partial charge in [-0.2, -0.15) is 0 Å². The molecule has 0 radical (unpaired) electrons. The minimum absolute atomic E-state index is 0.181. The summed E-state index contributed by atoms with van der Waals surface area (Å²) in [6.45, 7) is 0. The second-order valence-electron chi connectivity index (χ2n) is 11.0. The number of pyridine rings is 1. The number of benzene rings is 6. The standard InChI is InChI=1S/C38H24N2O2/c41-37-29-15-6-4-12-26(29)32-21-25(22-33-27-13-5-7-16-30(27)38(42)40(37)36(32)33)39-34-17-9-8-14-28(34)31-20-24(18-19-35(31)39)23-10-2-1-3-11-23/h1-22,37,41H. The maximum atomic E-state index is 13.8. The van der Waals surface area contributed by atoms with Gasteiger partial charge in [0.2, 0.25) is 0 Å². The summed E-state index contributed by atoms with van der Waals surface area (Å²) in [5.41, 5.74) is 8.81. The van der Waals surface area contributed by atoms with Crippen molar-refractivity contribution < 1.29 is 5.11 Å². The molecule has 1 aliphatic rings. The number of aromatic nitrogens is 2. The quantitative estimate of drug-likeness (QED) is 0.224. The van der Waals surface area contributed by atoms with Crippen molar-refractivity contribution in [2.24, 2.45) is 0 Å². The highest BCUT2D eigenvalue weighted by atomic mass is 16.3. The minimum atomic E-state index is -1.05. The highest BCUT2D eigenvalue weighted by Gasteiger charge is 2.28. The van der Waals surface area contributed by atoms with Gasteiger partial charge < -0.3 is 9.67 Å². The first-order chi connectivity index (χ1) is 20.7. The SMILES string of the molecule is O=c1c2ccccc2c2cc(-n3c4ccccc4c4cc(-c5ccccc5)ccc43)cc3c2n1C(O)c1ccccc1-3. The summed E-state index contributed by atoms with van der Waals surface area (Å²) in [5, 5.41) is 16.3. The normalized spacial score (nSPS) is 14.2. The van der Waals surface area contributed by atoms with Crippen LogP contribution in [-0.4, -0.2) is 14.2 Å². The molecule has 198 valence electrons. The van der Waals surface area contributed by atoms with Crippen molar-refractivity contribution in [1.29, 1.82) is 0 Å². The Labute approximate surface area is 240 Å². The van der Waals surface area contributed by atoms with Crippen LogP contribution in [0.1, 0.15) is 11.8 Å². The predicted molar refractivity (Wildman–Crippen MR) is 171 cm³/mol. The Kier molecular flexibility index (Phi) is 4.72. The van der Waals surface area contributed by atoms with E-state index in [0.29, 0.717) is 5.39 Å². The molecule has 2 aromatic heterocycles. The maximum absolute atomic E-state index is 13.8. The summed E-state index contributed by atoms with van der Waals surface area (Å²) in [7, 11) is 0. The first-order valence-electron chi connectivity index (χ1n) is 14.2. The van der Waals surface area contributed by atoms with Crippen molar-refractivity contribution in [1.82, 2.24) is 9.13 Å². The molecule has 4 nitrogen and oxygen atoms in total. The topological polar surface area (TPSA) is 47.2 Å². The molecular weight excluding hydrogens is 516 g/mol. The Balaban J connectivity index is 1.43. The molecule has 3 heterocycles. The number of aliphatic hydroxyl groups excluding tert-OH is 1. The summed E-state index contributed by atoms with van der Waals surface area (Å²) in [5.74, 6) is 0. The van der Waals surface area contributed by atoms with Gasteiger partial charge in [0, 0.05) is 38.4 Å². The molecule has 1 atom stereocenters. The van der Waals surface area contributed by atoms with Gasteiger partial charge in [0.05, 0.1) is 16.6 Å². The third-order valence-corrected chi connectivity index (χ3v) is 8.81. The third-order valence-electron chi connectivity index (χ3n) is 8.81. The van der Waals surface area contributed by atoms with Crippen LogP contribution in [0.15, 0.2) is 138 Å². The largest absolute Gasteiger partial charge is 0.369 e. The van der Waals surface area contributed by atoms with Gasteiger partial charge in [0.15, 0.2) is 6.23 Å². The van der Waals surface area contributed by atoms with E-state index in [4.69, 9.17) is 0 Å². The number of rotatable bonds is 2. The van der Waals surface area contributed by atoms with Gasteiger partial charge in [-0.15, -0.1) is 0 Å². The van der Waals surface area contributed by atoms with Crippen molar-refractivity contribution >= 4 is 43.5 Å². The zero-order chi connectivity index (χ0) is 27.9. The summed E-state index contributed by atoms with van der Waals surface area (Å²) in [6.07, 6.45) is -1.05. The van der Waals surface area contributed by atoms with E-state index in [-0.39, 0.29) is 5.56 Å². The monoisotopic (exact) mass is 540 g/mol. The summed E-state index contributed by atoms with van der Waals surface area (Å²) >= 11 is 0. The Morgan fingerprint density at radius 2 is 1.21 bits per heavy atom.